The lowest BCUT2D eigenvalue weighted by molar-refractivity contribution is -0.114. The molecule has 1 fully saturated rings. The zero-order chi connectivity index (χ0) is 19.7. The van der Waals surface area contributed by atoms with E-state index in [2.05, 4.69) is 20.2 Å². The third kappa shape index (κ3) is 4.43. The summed E-state index contributed by atoms with van der Waals surface area (Å²) in [5, 5.41) is 9.55. The second-order valence-corrected chi connectivity index (χ2v) is 10.6. The number of carbonyl (C=O) groups excluding carboxylic acids is 1. The van der Waals surface area contributed by atoms with Gasteiger partial charge >= 0.3 is 0 Å². The van der Waals surface area contributed by atoms with E-state index in [9.17, 15) is 21.6 Å². The van der Waals surface area contributed by atoms with Gasteiger partial charge in [0.1, 0.15) is 0 Å². The molecule has 1 amide bonds. The number of nitrogens with one attached hydrogen (secondary N) is 2. The summed E-state index contributed by atoms with van der Waals surface area (Å²) in [5.74, 6) is -0.391. The molecule has 10 nitrogen and oxygen atoms in total. The van der Waals surface area contributed by atoms with E-state index in [1.54, 1.807) is 0 Å². The largest absolute Gasteiger partial charge is 0.301 e. The van der Waals surface area contributed by atoms with Gasteiger partial charge in [0.2, 0.25) is 21.1 Å². The van der Waals surface area contributed by atoms with Crippen molar-refractivity contribution in [2.45, 2.75) is 29.0 Å². The van der Waals surface area contributed by atoms with E-state index in [0.29, 0.717) is 24.4 Å². The zero-order valence-electron chi connectivity index (χ0n) is 14.2. The molecular formula is C14H17N5O5S3. The highest BCUT2D eigenvalue weighted by Gasteiger charge is 2.27. The van der Waals surface area contributed by atoms with E-state index in [1.807, 2.05) is 0 Å². The van der Waals surface area contributed by atoms with Gasteiger partial charge in [-0.05, 0) is 37.1 Å². The molecule has 1 saturated heterocycles. The monoisotopic (exact) mass is 431 g/mol. The van der Waals surface area contributed by atoms with Gasteiger partial charge in [-0.15, -0.1) is 10.2 Å². The van der Waals surface area contributed by atoms with Crippen LogP contribution in [0.1, 0.15) is 19.8 Å². The fraction of sp³-hybridized carbons (Fsp3) is 0.357. The van der Waals surface area contributed by atoms with Gasteiger partial charge in [-0.2, -0.15) is 12.7 Å². The lowest BCUT2D eigenvalue weighted by Crippen LogP contribution is -2.27. The number of benzene rings is 1. The van der Waals surface area contributed by atoms with Crippen LogP contribution >= 0.6 is 11.3 Å². The van der Waals surface area contributed by atoms with E-state index < -0.39 is 26.0 Å². The van der Waals surface area contributed by atoms with Crippen LogP contribution in [-0.2, 0) is 24.8 Å². The molecule has 0 saturated carbocycles. The SMILES string of the molecule is CC(=O)Nc1nnc(S(=O)(=O)Nc2ccc(S(=O)(=O)N3CCCC3)cc2)s1. The summed E-state index contributed by atoms with van der Waals surface area (Å²) in [6, 6.07) is 5.45. The predicted molar refractivity (Wildman–Crippen MR) is 99.5 cm³/mol. The molecule has 27 heavy (non-hydrogen) atoms. The average molecular weight is 432 g/mol. The molecular weight excluding hydrogens is 414 g/mol. The first-order chi connectivity index (χ1) is 12.7. The molecule has 13 heteroatoms. The lowest BCUT2D eigenvalue weighted by Gasteiger charge is -2.15. The second kappa shape index (κ2) is 7.50. The summed E-state index contributed by atoms with van der Waals surface area (Å²) in [4.78, 5) is 11.1. The minimum Gasteiger partial charge on any atom is -0.301 e. The zero-order valence-corrected chi connectivity index (χ0v) is 16.7. The summed E-state index contributed by atoms with van der Waals surface area (Å²) in [5.41, 5.74) is 0.187. The molecule has 2 N–H and O–H groups in total. The van der Waals surface area contributed by atoms with E-state index >= 15 is 0 Å². The van der Waals surface area contributed by atoms with E-state index in [0.717, 1.165) is 12.8 Å². The third-order valence-electron chi connectivity index (χ3n) is 3.73. The van der Waals surface area contributed by atoms with Crippen LogP contribution in [0.4, 0.5) is 10.8 Å². The quantitative estimate of drug-likeness (QED) is 0.653. The molecule has 3 rings (SSSR count). The van der Waals surface area contributed by atoms with Crippen molar-refractivity contribution in [1.29, 1.82) is 0 Å². The molecule has 0 aliphatic carbocycles. The van der Waals surface area contributed by atoms with Crippen molar-refractivity contribution >= 4 is 48.1 Å². The Balaban J connectivity index is 1.75. The Labute approximate surface area is 160 Å². The molecule has 1 aliphatic heterocycles. The number of carbonyl (C=O) groups is 1. The van der Waals surface area contributed by atoms with Crippen LogP contribution in [0.25, 0.3) is 0 Å². The van der Waals surface area contributed by atoms with E-state index in [1.165, 1.54) is 35.5 Å². The number of hydrogen-bond acceptors (Lipinski definition) is 8. The summed E-state index contributed by atoms with van der Waals surface area (Å²) in [6.45, 7) is 2.25. The Morgan fingerprint density at radius 1 is 1.07 bits per heavy atom. The minimum absolute atomic E-state index is 0.0647. The fourth-order valence-corrected chi connectivity index (χ4v) is 6.01. The first-order valence-electron chi connectivity index (χ1n) is 7.93. The summed E-state index contributed by atoms with van der Waals surface area (Å²) >= 11 is 0.704. The number of anilines is 2. The summed E-state index contributed by atoms with van der Waals surface area (Å²) in [7, 11) is -7.57. The van der Waals surface area contributed by atoms with Gasteiger partial charge in [0.05, 0.1) is 4.90 Å². The Hall–Kier alpha value is -2.09. The number of nitrogens with zero attached hydrogens (tertiary/aromatic N) is 3. The van der Waals surface area contributed by atoms with Gasteiger partial charge in [0.25, 0.3) is 14.4 Å². The van der Waals surface area contributed by atoms with Crippen molar-refractivity contribution in [2.75, 3.05) is 23.1 Å². The molecule has 0 spiro atoms. The Kier molecular flexibility index (Phi) is 5.46. The van der Waals surface area contributed by atoms with Gasteiger partial charge in [0.15, 0.2) is 0 Å². The third-order valence-corrected chi connectivity index (χ3v) is 8.23. The Morgan fingerprint density at radius 2 is 1.70 bits per heavy atom. The summed E-state index contributed by atoms with van der Waals surface area (Å²) in [6.07, 6.45) is 1.67. The molecule has 0 atom stereocenters. The van der Waals surface area contributed by atoms with Crippen LogP contribution in [0.2, 0.25) is 0 Å². The number of rotatable bonds is 6. The van der Waals surface area contributed by atoms with Gasteiger partial charge in [0, 0.05) is 25.7 Å². The molecule has 2 aromatic rings. The van der Waals surface area contributed by atoms with Crippen molar-refractivity contribution in [3.63, 3.8) is 0 Å². The van der Waals surface area contributed by atoms with Gasteiger partial charge in [-0.3, -0.25) is 9.52 Å². The van der Waals surface area contributed by atoms with Crippen molar-refractivity contribution < 1.29 is 21.6 Å². The molecule has 1 aliphatic rings. The normalized spacial score (nSPS) is 15.6. The predicted octanol–water partition coefficient (Wildman–Crippen LogP) is 1.08. The van der Waals surface area contributed by atoms with Crippen LogP contribution in [0.5, 0.6) is 0 Å². The Morgan fingerprint density at radius 3 is 2.30 bits per heavy atom. The number of amides is 1. The van der Waals surface area contributed by atoms with Gasteiger partial charge in [-0.1, -0.05) is 11.3 Å². The van der Waals surface area contributed by atoms with Crippen molar-refractivity contribution in [1.82, 2.24) is 14.5 Å². The van der Waals surface area contributed by atoms with E-state index in [-0.39, 0.29) is 20.1 Å². The topological polar surface area (TPSA) is 138 Å². The number of sulfonamides is 2. The standard InChI is InChI=1S/C14H17N5O5S3/c1-10(20)15-13-16-17-14(25-13)26(21,22)18-11-4-6-12(7-5-11)27(23,24)19-8-2-3-9-19/h4-7,18H,2-3,8-9H2,1H3,(H,15,16,20). The van der Waals surface area contributed by atoms with Crippen LogP contribution < -0.4 is 10.0 Å². The Bertz CT molecular complexity index is 1040. The highest BCUT2D eigenvalue weighted by molar-refractivity contribution is 7.94. The molecule has 1 aromatic heterocycles. The van der Waals surface area contributed by atoms with E-state index in [4.69, 9.17) is 0 Å². The minimum atomic E-state index is -4.01. The highest BCUT2D eigenvalue weighted by atomic mass is 32.2. The van der Waals surface area contributed by atoms with Crippen LogP contribution in [0, 0.1) is 0 Å². The highest BCUT2D eigenvalue weighted by Crippen LogP contribution is 2.25. The first-order valence-corrected chi connectivity index (χ1v) is 11.7. The average Bonchev–Trinajstić information content (AvgIpc) is 3.26. The smallest absolute Gasteiger partial charge is 0.291 e. The summed E-state index contributed by atoms with van der Waals surface area (Å²) < 4.78 is 53.1. The molecule has 146 valence electrons. The lowest BCUT2D eigenvalue weighted by atomic mass is 10.3. The maximum absolute atomic E-state index is 12.5. The van der Waals surface area contributed by atoms with Gasteiger partial charge in [-0.25, -0.2) is 8.42 Å². The number of aromatic nitrogens is 2. The first kappa shape index (κ1) is 19.7. The van der Waals surface area contributed by atoms with Crippen molar-refractivity contribution in [2.24, 2.45) is 0 Å². The van der Waals surface area contributed by atoms with Crippen LogP contribution in [-0.4, -0.2) is 50.3 Å². The fourth-order valence-electron chi connectivity index (χ4n) is 2.49. The molecule has 0 bridgehead atoms. The van der Waals surface area contributed by atoms with Crippen LogP contribution in [0.3, 0.4) is 0 Å². The van der Waals surface area contributed by atoms with Crippen LogP contribution in [0.15, 0.2) is 33.5 Å². The maximum Gasteiger partial charge on any atom is 0.291 e. The number of hydrogen-bond donors (Lipinski definition) is 2. The molecule has 2 heterocycles. The van der Waals surface area contributed by atoms with Gasteiger partial charge < -0.3 is 5.32 Å². The maximum atomic E-state index is 12.5. The molecule has 0 radical (unpaired) electrons. The molecule has 0 unspecified atom stereocenters. The second-order valence-electron chi connectivity index (χ2n) is 5.80. The van der Waals surface area contributed by atoms with Crippen molar-refractivity contribution in [3.8, 4) is 0 Å². The molecule has 1 aromatic carbocycles. The van der Waals surface area contributed by atoms with Crippen molar-refractivity contribution in [3.05, 3.63) is 24.3 Å².